The van der Waals surface area contributed by atoms with E-state index in [0.29, 0.717) is 18.0 Å². The van der Waals surface area contributed by atoms with E-state index in [1.807, 2.05) is 0 Å². The van der Waals surface area contributed by atoms with Crippen molar-refractivity contribution in [1.82, 2.24) is 5.32 Å². The van der Waals surface area contributed by atoms with Crippen LogP contribution in [0.25, 0.3) is 0 Å². The molecule has 1 N–H and O–H groups in total. The number of hydrogen-bond donors (Lipinski definition) is 1. The Labute approximate surface area is 124 Å². The highest BCUT2D eigenvalue weighted by Gasteiger charge is 2.14. The van der Waals surface area contributed by atoms with Gasteiger partial charge in [0.1, 0.15) is 5.82 Å². The first kappa shape index (κ1) is 15.6. The lowest BCUT2D eigenvalue weighted by molar-refractivity contribution is 0.0952. The highest BCUT2D eigenvalue weighted by Crippen LogP contribution is 2.20. The fourth-order valence-corrected chi connectivity index (χ4v) is 2.93. The summed E-state index contributed by atoms with van der Waals surface area (Å²) < 4.78 is 13.5. The number of rotatable bonds is 5. The topological polar surface area (TPSA) is 29.1 Å². The number of halogens is 3. The van der Waals surface area contributed by atoms with E-state index in [1.54, 1.807) is 6.07 Å². The predicted octanol–water partition coefficient (Wildman–Crippen LogP) is 4.13. The second kappa shape index (κ2) is 7.24. The second-order valence-corrected chi connectivity index (χ2v) is 6.63. The molecule has 0 spiro atoms. The minimum Gasteiger partial charge on any atom is -0.351 e. The van der Waals surface area contributed by atoms with Crippen LogP contribution in [0, 0.1) is 11.7 Å². The van der Waals surface area contributed by atoms with Gasteiger partial charge in [0.15, 0.2) is 0 Å². The molecule has 0 aliphatic rings. The van der Waals surface area contributed by atoms with Crippen molar-refractivity contribution in [1.29, 1.82) is 0 Å². The average Bonchev–Trinajstić information content (AvgIpc) is 2.29. The number of benzene rings is 1. The molecule has 0 fully saturated rings. The van der Waals surface area contributed by atoms with Gasteiger partial charge in [-0.25, -0.2) is 4.39 Å². The van der Waals surface area contributed by atoms with Gasteiger partial charge in [0.2, 0.25) is 0 Å². The summed E-state index contributed by atoms with van der Waals surface area (Å²) in [6, 6.07) is 4.43. The van der Waals surface area contributed by atoms with Crippen molar-refractivity contribution in [3.63, 3.8) is 0 Å². The first-order valence-corrected chi connectivity index (χ1v) is 7.49. The molecule has 0 heterocycles. The van der Waals surface area contributed by atoms with Crippen LogP contribution in [0.5, 0.6) is 0 Å². The molecular formula is C13H16Br2FNO. The van der Waals surface area contributed by atoms with Crippen LogP contribution < -0.4 is 5.32 Å². The molecule has 18 heavy (non-hydrogen) atoms. The van der Waals surface area contributed by atoms with Crippen LogP contribution >= 0.6 is 31.9 Å². The van der Waals surface area contributed by atoms with E-state index < -0.39 is 5.82 Å². The lowest BCUT2D eigenvalue weighted by atomic mass is 10.1. The van der Waals surface area contributed by atoms with Crippen molar-refractivity contribution in [2.75, 3.05) is 6.54 Å². The maximum absolute atomic E-state index is 13.3. The highest BCUT2D eigenvalue weighted by atomic mass is 79.9. The Bertz CT molecular complexity index is 423. The SMILES string of the molecule is CC(C)CC(Br)CNC(=O)c1cccc(F)c1Br. The van der Waals surface area contributed by atoms with Crippen LogP contribution in [0.4, 0.5) is 4.39 Å². The summed E-state index contributed by atoms with van der Waals surface area (Å²) in [7, 11) is 0. The third-order valence-corrected chi connectivity index (χ3v) is 3.91. The Morgan fingerprint density at radius 2 is 2.11 bits per heavy atom. The summed E-state index contributed by atoms with van der Waals surface area (Å²) in [5.41, 5.74) is 0.319. The predicted molar refractivity (Wildman–Crippen MR) is 78.6 cm³/mol. The molecule has 0 saturated heterocycles. The van der Waals surface area contributed by atoms with E-state index in [-0.39, 0.29) is 15.2 Å². The van der Waals surface area contributed by atoms with Gasteiger partial charge in [0.25, 0.3) is 5.91 Å². The molecule has 1 aromatic carbocycles. The quantitative estimate of drug-likeness (QED) is 0.764. The van der Waals surface area contributed by atoms with Gasteiger partial charge < -0.3 is 5.32 Å². The van der Waals surface area contributed by atoms with E-state index in [9.17, 15) is 9.18 Å². The lowest BCUT2D eigenvalue weighted by Gasteiger charge is -2.13. The zero-order chi connectivity index (χ0) is 13.7. The summed E-state index contributed by atoms with van der Waals surface area (Å²) in [6.45, 7) is 4.78. The van der Waals surface area contributed by atoms with Crippen molar-refractivity contribution in [2.24, 2.45) is 5.92 Å². The van der Waals surface area contributed by atoms with Gasteiger partial charge in [0, 0.05) is 11.4 Å². The molecule has 1 rings (SSSR count). The molecule has 1 amide bonds. The standard InChI is InChI=1S/C13H16Br2FNO/c1-8(2)6-9(14)7-17-13(18)10-4-3-5-11(16)12(10)15/h3-5,8-9H,6-7H2,1-2H3,(H,17,18). The largest absolute Gasteiger partial charge is 0.351 e. The lowest BCUT2D eigenvalue weighted by Crippen LogP contribution is -2.30. The molecule has 0 radical (unpaired) electrons. The zero-order valence-corrected chi connectivity index (χ0v) is 13.5. The van der Waals surface area contributed by atoms with Gasteiger partial charge in [-0.05, 0) is 40.4 Å². The van der Waals surface area contributed by atoms with Crippen molar-refractivity contribution in [3.05, 3.63) is 34.1 Å². The van der Waals surface area contributed by atoms with Crippen LogP contribution in [0.15, 0.2) is 22.7 Å². The van der Waals surface area contributed by atoms with Crippen LogP contribution in [0.2, 0.25) is 0 Å². The molecule has 100 valence electrons. The number of alkyl halides is 1. The fourth-order valence-electron chi connectivity index (χ4n) is 1.57. The van der Waals surface area contributed by atoms with E-state index >= 15 is 0 Å². The number of carbonyl (C=O) groups is 1. The molecule has 0 aromatic heterocycles. The molecule has 1 aromatic rings. The Morgan fingerprint density at radius 1 is 1.44 bits per heavy atom. The second-order valence-electron chi connectivity index (χ2n) is 4.54. The maximum Gasteiger partial charge on any atom is 0.252 e. The summed E-state index contributed by atoms with van der Waals surface area (Å²) in [5.74, 6) is -0.137. The van der Waals surface area contributed by atoms with Crippen molar-refractivity contribution in [3.8, 4) is 0 Å². The van der Waals surface area contributed by atoms with Gasteiger partial charge in [0.05, 0.1) is 10.0 Å². The van der Waals surface area contributed by atoms with Gasteiger partial charge in [-0.3, -0.25) is 4.79 Å². The third kappa shape index (κ3) is 4.69. The number of carbonyl (C=O) groups excluding carboxylic acids is 1. The highest BCUT2D eigenvalue weighted by molar-refractivity contribution is 9.10. The van der Waals surface area contributed by atoms with Gasteiger partial charge in [-0.1, -0.05) is 35.8 Å². The van der Waals surface area contributed by atoms with Crippen molar-refractivity contribution in [2.45, 2.75) is 25.1 Å². The summed E-state index contributed by atoms with van der Waals surface area (Å²) >= 11 is 6.59. The molecule has 0 bridgehead atoms. The van der Waals surface area contributed by atoms with Crippen molar-refractivity contribution < 1.29 is 9.18 Å². The van der Waals surface area contributed by atoms with Gasteiger partial charge in [-0.2, -0.15) is 0 Å². The minimum atomic E-state index is -0.430. The molecule has 1 atom stereocenters. The number of nitrogens with one attached hydrogen (secondary N) is 1. The summed E-state index contributed by atoms with van der Waals surface area (Å²) in [6.07, 6.45) is 0.977. The molecule has 0 saturated carbocycles. The molecular weight excluding hydrogens is 365 g/mol. The van der Waals surface area contributed by atoms with Crippen LogP contribution in [0.3, 0.4) is 0 Å². The fraction of sp³-hybridized carbons (Fsp3) is 0.462. The summed E-state index contributed by atoms with van der Waals surface area (Å²) in [4.78, 5) is 12.1. The van der Waals surface area contributed by atoms with E-state index in [4.69, 9.17) is 0 Å². The Morgan fingerprint density at radius 3 is 2.72 bits per heavy atom. The first-order chi connectivity index (χ1) is 8.41. The number of amides is 1. The normalized spacial score (nSPS) is 12.6. The van der Waals surface area contributed by atoms with Crippen LogP contribution in [-0.2, 0) is 0 Å². The maximum atomic E-state index is 13.3. The molecule has 0 aliphatic heterocycles. The van der Waals surface area contributed by atoms with Gasteiger partial charge >= 0.3 is 0 Å². The van der Waals surface area contributed by atoms with E-state index in [1.165, 1.54) is 12.1 Å². The third-order valence-electron chi connectivity index (χ3n) is 2.41. The monoisotopic (exact) mass is 379 g/mol. The minimum absolute atomic E-state index is 0.206. The van der Waals surface area contributed by atoms with Crippen LogP contribution in [0.1, 0.15) is 30.6 Å². The van der Waals surface area contributed by atoms with E-state index in [0.717, 1.165) is 6.42 Å². The van der Waals surface area contributed by atoms with Gasteiger partial charge in [-0.15, -0.1) is 0 Å². The smallest absolute Gasteiger partial charge is 0.252 e. The Kier molecular flexibility index (Phi) is 6.29. The average molecular weight is 381 g/mol. The Balaban J connectivity index is 2.58. The Hall–Kier alpha value is -0.420. The molecule has 2 nitrogen and oxygen atoms in total. The van der Waals surface area contributed by atoms with Crippen molar-refractivity contribution >= 4 is 37.8 Å². The number of hydrogen-bond acceptors (Lipinski definition) is 1. The molecule has 5 heteroatoms. The van der Waals surface area contributed by atoms with E-state index in [2.05, 4.69) is 51.0 Å². The van der Waals surface area contributed by atoms with Crippen LogP contribution in [-0.4, -0.2) is 17.3 Å². The molecule has 1 unspecified atom stereocenters. The zero-order valence-electron chi connectivity index (χ0n) is 10.3. The summed E-state index contributed by atoms with van der Waals surface area (Å²) in [5, 5.41) is 2.79. The first-order valence-electron chi connectivity index (χ1n) is 5.78. The molecule has 0 aliphatic carbocycles.